The lowest BCUT2D eigenvalue weighted by atomic mass is 10.2. The van der Waals surface area contributed by atoms with Crippen molar-refractivity contribution in [2.45, 2.75) is 12.8 Å². The minimum Gasteiger partial charge on any atom is -0.508 e. The summed E-state index contributed by atoms with van der Waals surface area (Å²) in [4.78, 5) is 14.2. The summed E-state index contributed by atoms with van der Waals surface area (Å²) in [7, 11) is 0. The summed E-state index contributed by atoms with van der Waals surface area (Å²) in [5.74, 6) is -0.301. The summed E-state index contributed by atoms with van der Waals surface area (Å²) >= 11 is 0. The molecule has 5 nitrogen and oxygen atoms in total. The lowest BCUT2D eigenvalue weighted by Gasteiger charge is -2.17. The van der Waals surface area contributed by atoms with Gasteiger partial charge in [0.1, 0.15) is 5.75 Å². The van der Waals surface area contributed by atoms with Gasteiger partial charge in [-0.05, 0) is 48.7 Å². The zero-order chi connectivity index (χ0) is 16.1. The number of anilines is 1. The number of nitrogens with one attached hydrogen (secondary N) is 1. The van der Waals surface area contributed by atoms with Crippen LogP contribution in [-0.2, 0) is 0 Å². The highest BCUT2D eigenvalue weighted by Gasteiger charge is 2.11. The Morgan fingerprint density at radius 3 is 2.57 bits per heavy atom. The number of hydrogen-bond acceptors (Lipinski definition) is 4. The number of carbonyl (C=O) groups is 1. The third-order valence-corrected chi connectivity index (χ3v) is 3.85. The van der Waals surface area contributed by atoms with Gasteiger partial charge in [0.15, 0.2) is 0 Å². The van der Waals surface area contributed by atoms with Gasteiger partial charge in [0.25, 0.3) is 5.91 Å². The van der Waals surface area contributed by atoms with Gasteiger partial charge in [-0.3, -0.25) is 4.79 Å². The van der Waals surface area contributed by atoms with Gasteiger partial charge < -0.3 is 10.0 Å². The summed E-state index contributed by atoms with van der Waals surface area (Å²) in [6, 6.07) is 14.3. The first-order chi connectivity index (χ1) is 11.2. The Hall–Kier alpha value is -2.82. The Labute approximate surface area is 135 Å². The maximum atomic E-state index is 11.9. The first-order valence-electron chi connectivity index (χ1n) is 7.70. The van der Waals surface area contributed by atoms with Crippen LogP contribution in [0, 0.1) is 0 Å². The highest BCUT2D eigenvalue weighted by molar-refractivity contribution is 5.95. The second-order valence-electron chi connectivity index (χ2n) is 5.54. The number of amides is 1. The van der Waals surface area contributed by atoms with E-state index in [0.717, 1.165) is 18.7 Å². The molecular formula is C18H19N3O2. The second-order valence-corrected chi connectivity index (χ2v) is 5.54. The number of phenolic OH excluding ortho intramolecular Hbond substituents is 1. The smallest absolute Gasteiger partial charge is 0.271 e. The zero-order valence-corrected chi connectivity index (χ0v) is 12.8. The average Bonchev–Trinajstić information content (AvgIpc) is 3.10. The minimum absolute atomic E-state index is 0.0548. The van der Waals surface area contributed by atoms with Crippen LogP contribution in [0.2, 0.25) is 0 Å². The summed E-state index contributed by atoms with van der Waals surface area (Å²) in [5.41, 5.74) is 4.97. The molecule has 23 heavy (non-hydrogen) atoms. The van der Waals surface area contributed by atoms with Crippen molar-refractivity contribution in [1.29, 1.82) is 0 Å². The number of rotatable bonds is 4. The van der Waals surface area contributed by atoms with Crippen LogP contribution < -0.4 is 10.3 Å². The molecular weight excluding hydrogens is 290 g/mol. The van der Waals surface area contributed by atoms with Crippen LogP contribution in [0.5, 0.6) is 5.75 Å². The predicted octanol–water partition coefficient (Wildman–Crippen LogP) is 2.76. The van der Waals surface area contributed by atoms with Gasteiger partial charge in [-0.15, -0.1) is 0 Å². The molecule has 0 aliphatic carbocycles. The SMILES string of the molecule is O=C(N/N=C\c1ccc(N2CCCC2)cc1)c1cccc(O)c1. The molecule has 1 saturated heterocycles. The van der Waals surface area contributed by atoms with Crippen LogP contribution in [0.15, 0.2) is 53.6 Å². The van der Waals surface area contributed by atoms with Crippen LogP contribution in [0.1, 0.15) is 28.8 Å². The number of phenols is 1. The van der Waals surface area contributed by atoms with Gasteiger partial charge in [-0.25, -0.2) is 5.43 Å². The van der Waals surface area contributed by atoms with Crippen LogP contribution in [0.25, 0.3) is 0 Å². The van der Waals surface area contributed by atoms with Crippen molar-refractivity contribution in [3.05, 3.63) is 59.7 Å². The maximum Gasteiger partial charge on any atom is 0.271 e. The van der Waals surface area contributed by atoms with E-state index >= 15 is 0 Å². The molecule has 0 saturated carbocycles. The van der Waals surface area contributed by atoms with Crippen LogP contribution in [0.3, 0.4) is 0 Å². The maximum absolute atomic E-state index is 11.9. The molecule has 2 N–H and O–H groups in total. The van der Waals surface area contributed by atoms with Gasteiger partial charge in [-0.1, -0.05) is 18.2 Å². The topological polar surface area (TPSA) is 64.9 Å². The first kappa shape index (κ1) is 15.1. The van der Waals surface area contributed by atoms with Gasteiger partial charge in [0.05, 0.1) is 6.21 Å². The number of benzene rings is 2. The standard InChI is InChI=1S/C18H19N3O2/c22-17-5-3-4-15(12-17)18(23)20-19-13-14-6-8-16(9-7-14)21-10-1-2-11-21/h3-9,12-13,22H,1-2,10-11H2,(H,20,23)/b19-13-. The van der Waals surface area contributed by atoms with Crippen molar-refractivity contribution in [3.8, 4) is 5.75 Å². The van der Waals surface area contributed by atoms with Gasteiger partial charge in [-0.2, -0.15) is 5.10 Å². The van der Waals surface area contributed by atoms with Gasteiger partial charge >= 0.3 is 0 Å². The normalized spacial score (nSPS) is 14.3. The van der Waals surface area contributed by atoms with E-state index in [1.165, 1.54) is 30.7 Å². The molecule has 2 aromatic carbocycles. The van der Waals surface area contributed by atoms with Crippen molar-refractivity contribution < 1.29 is 9.90 Å². The summed E-state index contributed by atoms with van der Waals surface area (Å²) in [6.07, 6.45) is 4.11. The van der Waals surface area contributed by atoms with E-state index in [1.807, 2.05) is 12.1 Å². The van der Waals surface area contributed by atoms with Crippen molar-refractivity contribution in [1.82, 2.24) is 5.43 Å². The molecule has 0 atom stereocenters. The molecule has 118 valence electrons. The van der Waals surface area contributed by atoms with Crippen molar-refractivity contribution >= 4 is 17.8 Å². The van der Waals surface area contributed by atoms with E-state index in [-0.39, 0.29) is 11.7 Å². The number of aromatic hydroxyl groups is 1. The van der Waals surface area contributed by atoms with E-state index in [0.29, 0.717) is 5.56 Å². The first-order valence-corrected chi connectivity index (χ1v) is 7.70. The second kappa shape index (κ2) is 6.96. The molecule has 0 aromatic heterocycles. The Morgan fingerprint density at radius 1 is 1.13 bits per heavy atom. The summed E-state index contributed by atoms with van der Waals surface area (Å²) < 4.78 is 0. The van der Waals surface area contributed by atoms with Crippen LogP contribution in [0.4, 0.5) is 5.69 Å². The number of hydrogen-bond donors (Lipinski definition) is 2. The lowest BCUT2D eigenvalue weighted by Crippen LogP contribution is -2.18. The zero-order valence-electron chi connectivity index (χ0n) is 12.8. The molecule has 2 aromatic rings. The quantitative estimate of drug-likeness (QED) is 0.674. The third kappa shape index (κ3) is 3.88. The molecule has 1 fully saturated rings. The predicted molar refractivity (Wildman–Crippen MR) is 91.1 cm³/mol. The van der Waals surface area contributed by atoms with Crippen LogP contribution in [-0.4, -0.2) is 30.3 Å². The number of nitrogens with zero attached hydrogens (tertiary/aromatic N) is 2. The van der Waals surface area contributed by atoms with E-state index in [4.69, 9.17) is 0 Å². The molecule has 1 amide bonds. The molecule has 1 aliphatic heterocycles. The van der Waals surface area contributed by atoms with Crippen molar-refractivity contribution in [3.63, 3.8) is 0 Å². The molecule has 1 aliphatic rings. The Balaban J connectivity index is 1.58. The van der Waals surface area contributed by atoms with E-state index in [1.54, 1.807) is 18.3 Å². The third-order valence-electron chi connectivity index (χ3n) is 3.85. The fourth-order valence-electron chi connectivity index (χ4n) is 2.62. The summed E-state index contributed by atoms with van der Waals surface area (Å²) in [5, 5.41) is 13.3. The number of carbonyl (C=O) groups excluding carboxylic acids is 1. The molecule has 0 unspecified atom stereocenters. The average molecular weight is 309 g/mol. The largest absolute Gasteiger partial charge is 0.508 e. The molecule has 0 bridgehead atoms. The fraction of sp³-hybridized carbons (Fsp3) is 0.222. The fourth-order valence-corrected chi connectivity index (χ4v) is 2.62. The lowest BCUT2D eigenvalue weighted by molar-refractivity contribution is 0.0954. The van der Waals surface area contributed by atoms with Crippen molar-refractivity contribution in [2.24, 2.45) is 5.10 Å². The Kier molecular flexibility index (Phi) is 4.57. The molecule has 1 heterocycles. The van der Waals surface area contributed by atoms with E-state index in [2.05, 4.69) is 27.6 Å². The van der Waals surface area contributed by atoms with Gasteiger partial charge in [0.2, 0.25) is 0 Å². The van der Waals surface area contributed by atoms with Gasteiger partial charge in [0, 0.05) is 24.3 Å². The Morgan fingerprint density at radius 2 is 1.87 bits per heavy atom. The van der Waals surface area contributed by atoms with Crippen molar-refractivity contribution in [2.75, 3.05) is 18.0 Å². The highest BCUT2D eigenvalue weighted by atomic mass is 16.3. The van der Waals surface area contributed by atoms with E-state index in [9.17, 15) is 9.90 Å². The van der Waals surface area contributed by atoms with Crippen LogP contribution >= 0.6 is 0 Å². The molecule has 0 radical (unpaired) electrons. The number of hydrazone groups is 1. The Bertz CT molecular complexity index is 704. The molecule has 0 spiro atoms. The van der Waals surface area contributed by atoms with E-state index < -0.39 is 0 Å². The molecule has 3 rings (SSSR count). The summed E-state index contributed by atoms with van der Waals surface area (Å²) in [6.45, 7) is 2.24. The molecule has 5 heteroatoms. The highest BCUT2D eigenvalue weighted by Crippen LogP contribution is 2.19. The monoisotopic (exact) mass is 309 g/mol. The minimum atomic E-state index is -0.356.